The third kappa shape index (κ3) is 3.40. The van der Waals surface area contributed by atoms with Gasteiger partial charge >= 0.3 is 0 Å². The molecule has 5 rings (SSSR count). The number of methoxy groups -OCH3 is 1. The van der Waals surface area contributed by atoms with Crippen molar-refractivity contribution in [2.45, 2.75) is 19.5 Å². The first kappa shape index (κ1) is 19.8. The number of ether oxygens (including phenoxy) is 4. The fourth-order valence-corrected chi connectivity index (χ4v) is 4.39. The highest BCUT2D eigenvalue weighted by Gasteiger charge is 2.28. The first-order valence-corrected chi connectivity index (χ1v) is 10.8. The summed E-state index contributed by atoms with van der Waals surface area (Å²) in [5.41, 5.74) is 8.58. The van der Waals surface area contributed by atoms with Gasteiger partial charge < -0.3 is 24.7 Å². The number of nitrogens with two attached hydrogens (primary N) is 1. The Morgan fingerprint density at radius 3 is 2.74 bits per heavy atom. The molecule has 3 aromatic rings. The summed E-state index contributed by atoms with van der Waals surface area (Å²) in [6.45, 7) is 3.67. The molecule has 1 atom stereocenters. The second-order valence-electron chi connectivity index (χ2n) is 7.12. The van der Waals surface area contributed by atoms with Gasteiger partial charge in [0.2, 0.25) is 5.95 Å². The van der Waals surface area contributed by atoms with Gasteiger partial charge in [-0.05, 0) is 35.0 Å². The largest absolute Gasteiger partial charge is 0.493 e. The lowest BCUT2D eigenvalue weighted by Gasteiger charge is -2.25. The molecule has 3 N–H and O–H groups in total. The number of nitrogens with zero attached hydrogens (tertiary/aromatic N) is 3. The summed E-state index contributed by atoms with van der Waals surface area (Å²) in [6, 6.07) is 7.70. The topological polar surface area (TPSA) is 105 Å². The zero-order valence-corrected chi connectivity index (χ0v) is 18.7. The average Bonchev–Trinajstić information content (AvgIpc) is 2.94. The molecule has 3 heterocycles. The number of nitrogens with one attached hydrogen (secondary N) is 1. The van der Waals surface area contributed by atoms with Gasteiger partial charge in [-0.25, -0.2) is 9.98 Å². The minimum absolute atomic E-state index is 0.283. The number of halogens is 1. The maximum absolute atomic E-state index is 6.10. The molecule has 1 aromatic heterocycles. The van der Waals surface area contributed by atoms with Gasteiger partial charge in [0.15, 0.2) is 35.1 Å². The van der Waals surface area contributed by atoms with Crippen molar-refractivity contribution < 1.29 is 18.9 Å². The smallest absolute Gasteiger partial charge is 0.212 e. The first-order chi connectivity index (χ1) is 15.1. The first-order valence-electron chi connectivity index (χ1n) is 10.0. The molecule has 0 bridgehead atoms. The zero-order chi connectivity index (χ0) is 21.5. The molecule has 9 nitrogen and oxygen atoms in total. The Bertz CT molecular complexity index is 1190. The Balaban J connectivity index is 1.68. The van der Waals surface area contributed by atoms with E-state index in [1.165, 1.54) is 0 Å². The normalized spacial score (nSPS) is 17.4. The summed E-state index contributed by atoms with van der Waals surface area (Å²) < 4.78 is 25.8. The summed E-state index contributed by atoms with van der Waals surface area (Å²) in [4.78, 5) is 9.37. The molecule has 0 saturated heterocycles. The fourth-order valence-electron chi connectivity index (χ4n) is 3.82. The molecule has 0 radical (unpaired) electrons. The fraction of sp³-hybridized carbons (Fsp3) is 0.333. The average molecular weight is 488 g/mol. The van der Waals surface area contributed by atoms with Crippen molar-refractivity contribution in [2.75, 3.05) is 32.2 Å². The van der Waals surface area contributed by atoms with Crippen LogP contribution in [-0.2, 0) is 0 Å². The molecule has 0 spiro atoms. The van der Waals surface area contributed by atoms with Crippen LogP contribution < -0.4 is 30.0 Å². The van der Waals surface area contributed by atoms with Gasteiger partial charge in [-0.2, -0.15) is 0 Å². The number of hydrogen-bond acceptors (Lipinski definition) is 8. The summed E-state index contributed by atoms with van der Waals surface area (Å²) in [6.07, 6.45) is 0.384. The molecule has 0 unspecified atom stereocenters. The maximum Gasteiger partial charge on any atom is 0.212 e. The SMILES string of the molecule is CCOc1c(Br)cc([C@H]2N=C(N)Nc3nc4cc5c(cc4n32)OCCCO5)cc1OC. The van der Waals surface area contributed by atoms with E-state index in [1.54, 1.807) is 7.11 Å². The van der Waals surface area contributed by atoms with Crippen molar-refractivity contribution in [3.8, 4) is 23.0 Å². The minimum Gasteiger partial charge on any atom is -0.493 e. The monoisotopic (exact) mass is 487 g/mol. The van der Waals surface area contributed by atoms with Crippen molar-refractivity contribution in [1.29, 1.82) is 0 Å². The zero-order valence-electron chi connectivity index (χ0n) is 17.1. The predicted octanol–water partition coefficient (Wildman–Crippen LogP) is 3.65. The summed E-state index contributed by atoms with van der Waals surface area (Å²) in [5.74, 6) is 3.51. The van der Waals surface area contributed by atoms with E-state index in [1.807, 2.05) is 35.8 Å². The number of imidazole rings is 1. The van der Waals surface area contributed by atoms with Crippen LogP contribution in [-0.4, -0.2) is 42.4 Å². The number of hydrogen-bond donors (Lipinski definition) is 2. The molecule has 10 heteroatoms. The maximum atomic E-state index is 6.10. The van der Waals surface area contributed by atoms with Gasteiger partial charge in [-0.3, -0.25) is 9.88 Å². The van der Waals surface area contributed by atoms with E-state index < -0.39 is 6.17 Å². The molecule has 162 valence electrons. The molecule has 2 aliphatic heterocycles. The van der Waals surface area contributed by atoms with Gasteiger partial charge in [-0.1, -0.05) is 0 Å². The second-order valence-corrected chi connectivity index (χ2v) is 7.98. The van der Waals surface area contributed by atoms with Crippen LogP contribution in [0.5, 0.6) is 23.0 Å². The Morgan fingerprint density at radius 2 is 2.00 bits per heavy atom. The molecule has 31 heavy (non-hydrogen) atoms. The quantitative estimate of drug-likeness (QED) is 0.578. The third-order valence-corrected chi connectivity index (χ3v) is 5.73. The lowest BCUT2D eigenvalue weighted by Crippen LogP contribution is -2.31. The molecule has 0 fully saturated rings. The van der Waals surface area contributed by atoms with Gasteiger partial charge in [0, 0.05) is 24.1 Å². The number of aromatic nitrogens is 2. The van der Waals surface area contributed by atoms with Crippen LogP contribution in [0.1, 0.15) is 25.1 Å². The van der Waals surface area contributed by atoms with Crippen molar-refractivity contribution in [3.63, 3.8) is 0 Å². The van der Waals surface area contributed by atoms with E-state index in [4.69, 9.17) is 29.7 Å². The molecular formula is C21H22BrN5O4. The highest BCUT2D eigenvalue weighted by Crippen LogP contribution is 2.42. The van der Waals surface area contributed by atoms with Crippen LogP contribution in [0, 0.1) is 0 Å². The van der Waals surface area contributed by atoms with Gasteiger partial charge in [0.1, 0.15) is 0 Å². The van der Waals surface area contributed by atoms with E-state index in [9.17, 15) is 0 Å². The van der Waals surface area contributed by atoms with Crippen molar-refractivity contribution in [3.05, 3.63) is 34.3 Å². The Hall–Kier alpha value is -3.14. The van der Waals surface area contributed by atoms with Gasteiger partial charge in [0.25, 0.3) is 0 Å². The van der Waals surface area contributed by atoms with E-state index >= 15 is 0 Å². The van der Waals surface area contributed by atoms with Gasteiger partial charge in [-0.15, -0.1) is 0 Å². The van der Waals surface area contributed by atoms with E-state index in [2.05, 4.69) is 26.2 Å². The Morgan fingerprint density at radius 1 is 1.23 bits per heavy atom. The minimum atomic E-state index is -0.452. The molecule has 2 aromatic carbocycles. The standard InChI is InChI=1S/C21H22BrN5O4/c1-3-29-18-12(22)7-11(8-17(18)28-2)19-25-20(23)26-21-24-13-9-15-16(10-14(13)27(19)21)31-6-4-5-30-15/h7-10,19H,3-6H2,1-2H3,(H3,23,24,25,26)/t19-/m0/s1. The van der Waals surface area contributed by atoms with E-state index in [0.29, 0.717) is 48.8 Å². The molecule has 0 saturated carbocycles. The molecule has 0 amide bonds. The predicted molar refractivity (Wildman–Crippen MR) is 121 cm³/mol. The number of rotatable bonds is 4. The summed E-state index contributed by atoms with van der Waals surface area (Å²) in [5, 5.41) is 3.06. The van der Waals surface area contributed by atoms with Crippen LogP contribution in [0.25, 0.3) is 11.0 Å². The van der Waals surface area contributed by atoms with Crippen LogP contribution in [0.3, 0.4) is 0 Å². The molecule has 2 aliphatic rings. The van der Waals surface area contributed by atoms with E-state index in [-0.39, 0.29) is 5.96 Å². The van der Waals surface area contributed by atoms with Crippen LogP contribution in [0.2, 0.25) is 0 Å². The lowest BCUT2D eigenvalue weighted by molar-refractivity contribution is 0.297. The van der Waals surface area contributed by atoms with Crippen molar-refractivity contribution in [2.24, 2.45) is 10.7 Å². The number of fused-ring (bicyclic) bond motifs is 4. The van der Waals surface area contributed by atoms with Gasteiger partial charge in [0.05, 0.1) is 42.4 Å². The van der Waals surface area contributed by atoms with Crippen LogP contribution in [0.4, 0.5) is 5.95 Å². The summed E-state index contributed by atoms with van der Waals surface area (Å²) >= 11 is 3.60. The van der Waals surface area contributed by atoms with Crippen molar-refractivity contribution in [1.82, 2.24) is 9.55 Å². The van der Waals surface area contributed by atoms with Crippen LogP contribution >= 0.6 is 15.9 Å². The summed E-state index contributed by atoms with van der Waals surface area (Å²) in [7, 11) is 1.61. The number of aliphatic imine (C=N–C) groups is 1. The Labute approximate surface area is 187 Å². The van der Waals surface area contributed by atoms with Crippen molar-refractivity contribution >= 4 is 38.9 Å². The van der Waals surface area contributed by atoms with Crippen LogP contribution in [0.15, 0.2) is 33.7 Å². The number of guanidine groups is 1. The highest BCUT2D eigenvalue weighted by atomic mass is 79.9. The molecular weight excluding hydrogens is 466 g/mol. The highest BCUT2D eigenvalue weighted by molar-refractivity contribution is 9.10. The third-order valence-electron chi connectivity index (χ3n) is 5.14. The molecule has 0 aliphatic carbocycles. The number of benzene rings is 2. The second kappa shape index (κ2) is 7.84. The number of anilines is 1. The Kier molecular flexibility index (Phi) is 5.01. The van der Waals surface area contributed by atoms with E-state index in [0.717, 1.165) is 27.5 Å². The lowest BCUT2D eigenvalue weighted by atomic mass is 10.1.